The molecule has 0 amide bonds. The lowest BCUT2D eigenvalue weighted by molar-refractivity contribution is 0.0694. The summed E-state index contributed by atoms with van der Waals surface area (Å²) in [6, 6.07) is 19.2. The first-order valence-corrected chi connectivity index (χ1v) is 17.7. The van der Waals surface area contributed by atoms with Crippen molar-refractivity contribution in [3.05, 3.63) is 133 Å². The number of carbonyl (C=O) groups is 1. The molecule has 7 rings (SSSR count). The van der Waals surface area contributed by atoms with Crippen molar-refractivity contribution < 1.29 is 19.4 Å². The maximum atomic E-state index is 15.5. The Kier molecular flexibility index (Phi) is 10.1. The monoisotopic (exact) mass is 752 g/mol. The summed E-state index contributed by atoms with van der Waals surface area (Å²) in [6.45, 7) is 6.74. The fourth-order valence-electron chi connectivity index (χ4n) is 6.59. The number of carboxylic acid groups (broad SMARTS) is 1. The largest absolute Gasteiger partial charge is 0.507 e. The van der Waals surface area contributed by atoms with Gasteiger partial charge < -0.3 is 19.7 Å². The fourth-order valence-corrected chi connectivity index (χ4v) is 6.86. The second-order valence-corrected chi connectivity index (χ2v) is 13.3. The van der Waals surface area contributed by atoms with E-state index in [4.69, 9.17) is 17.3 Å². The van der Waals surface area contributed by atoms with Crippen molar-refractivity contribution in [2.24, 2.45) is 5.10 Å². The number of hydrogen-bond donors (Lipinski definition) is 2. The number of halogens is 1. The molecule has 15 nitrogen and oxygen atoms in total. The Labute approximate surface area is 312 Å². The van der Waals surface area contributed by atoms with E-state index in [2.05, 4.69) is 15.1 Å². The highest BCUT2D eigenvalue weighted by molar-refractivity contribution is 7.71. The molecule has 0 atom stereocenters. The van der Waals surface area contributed by atoms with Gasteiger partial charge in [0.1, 0.15) is 23.7 Å². The number of phenolic OH excluding ortho intramolecular Hbond substituents is 1. The number of rotatable bonds is 11. The number of fused-ring (bicyclic) bond motifs is 1. The quantitative estimate of drug-likeness (QED) is 0.148. The molecule has 1 saturated heterocycles. The molecule has 6 aromatic rings. The SMILES string of the molecule is CCn1cc(C(=O)O)c(=O)c2cc(F)c(N3CCN(Cn4nc(Cn5nc(C)n(/N=C/c6ccccc6O)c5=O)n(Cc5ccccc5)c4=S)CC3)cc21. The average molecular weight is 753 g/mol. The van der Waals surface area contributed by atoms with Gasteiger partial charge in [0, 0.05) is 49.9 Å². The van der Waals surface area contributed by atoms with Crippen molar-refractivity contribution >= 4 is 41.0 Å². The molecule has 0 radical (unpaired) electrons. The van der Waals surface area contributed by atoms with Crippen molar-refractivity contribution in [3.8, 4) is 5.75 Å². The zero-order valence-corrected chi connectivity index (χ0v) is 30.4. The number of hydrogen-bond acceptors (Lipinski definition) is 10. The molecule has 3 aromatic carbocycles. The molecule has 0 unspecified atom stereocenters. The maximum Gasteiger partial charge on any atom is 0.367 e. The van der Waals surface area contributed by atoms with Gasteiger partial charge in [-0.25, -0.2) is 23.3 Å². The molecule has 1 aliphatic heterocycles. The van der Waals surface area contributed by atoms with Crippen molar-refractivity contribution in [2.75, 3.05) is 31.1 Å². The summed E-state index contributed by atoms with van der Waals surface area (Å²) in [6.07, 6.45) is 2.70. The van der Waals surface area contributed by atoms with E-state index in [1.165, 1.54) is 23.2 Å². The normalized spacial score (nSPS) is 13.7. The van der Waals surface area contributed by atoms with Gasteiger partial charge in [0.05, 0.1) is 30.6 Å². The number of aryl methyl sites for hydroxylation is 2. The van der Waals surface area contributed by atoms with E-state index < -0.39 is 28.5 Å². The smallest absolute Gasteiger partial charge is 0.367 e. The van der Waals surface area contributed by atoms with Crippen LogP contribution in [-0.4, -0.2) is 86.8 Å². The molecule has 0 aliphatic carbocycles. The minimum absolute atomic E-state index is 0.0219. The van der Waals surface area contributed by atoms with Crippen LogP contribution in [0.1, 0.15) is 40.1 Å². The van der Waals surface area contributed by atoms with E-state index in [1.54, 1.807) is 40.4 Å². The molecule has 4 heterocycles. The highest BCUT2D eigenvalue weighted by Crippen LogP contribution is 2.27. The third kappa shape index (κ3) is 7.10. The summed E-state index contributed by atoms with van der Waals surface area (Å²) in [5.74, 6) is -1.04. The van der Waals surface area contributed by atoms with Gasteiger partial charge in [0.25, 0.3) is 0 Å². The lowest BCUT2D eigenvalue weighted by atomic mass is 10.1. The van der Waals surface area contributed by atoms with Crippen LogP contribution in [0.2, 0.25) is 0 Å². The summed E-state index contributed by atoms with van der Waals surface area (Å²) >= 11 is 5.94. The number of para-hydroxylation sites is 1. The molecule has 2 N–H and O–H groups in total. The van der Waals surface area contributed by atoms with Gasteiger partial charge in [-0.2, -0.15) is 20.0 Å². The van der Waals surface area contributed by atoms with Crippen molar-refractivity contribution in [1.82, 2.24) is 38.3 Å². The van der Waals surface area contributed by atoms with Gasteiger partial charge in [-0.3, -0.25) is 14.3 Å². The molecular weight excluding hydrogens is 716 g/mol. The second-order valence-electron chi connectivity index (χ2n) is 12.9. The lowest BCUT2D eigenvalue weighted by Gasteiger charge is -2.36. The summed E-state index contributed by atoms with van der Waals surface area (Å²) < 4.78 is 23.6. The maximum absolute atomic E-state index is 15.5. The highest BCUT2D eigenvalue weighted by atomic mass is 32.1. The van der Waals surface area contributed by atoms with E-state index >= 15 is 4.39 Å². The predicted molar refractivity (Wildman–Crippen MR) is 203 cm³/mol. The first-order chi connectivity index (χ1) is 26.0. The number of carboxylic acids is 1. The summed E-state index contributed by atoms with van der Waals surface area (Å²) in [4.78, 5) is 42.0. The van der Waals surface area contributed by atoms with E-state index in [0.717, 1.165) is 16.3 Å². The Balaban J connectivity index is 1.12. The number of aromatic carboxylic acids is 1. The summed E-state index contributed by atoms with van der Waals surface area (Å²) in [5, 5.41) is 33.2. The van der Waals surface area contributed by atoms with E-state index in [9.17, 15) is 24.6 Å². The van der Waals surface area contributed by atoms with Crippen LogP contribution in [0.3, 0.4) is 0 Å². The molecule has 0 saturated carbocycles. The van der Waals surface area contributed by atoms with Crippen LogP contribution in [0.25, 0.3) is 10.9 Å². The minimum atomic E-state index is -1.35. The molecule has 278 valence electrons. The van der Waals surface area contributed by atoms with Gasteiger partial charge in [0.2, 0.25) is 5.43 Å². The predicted octanol–water partition coefficient (Wildman–Crippen LogP) is 3.72. The Bertz CT molecular complexity index is 2580. The molecule has 3 aromatic heterocycles. The molecule has 1 fully saturated rings. The zero-order valence-electron chi connectivity index (χ0n) is 29.5. The zero-order chi connectivity index (χ0) is 38.1. The molecule has 0 spiro atoms. The van der Waals surface area contributed by atoms with Gasteiger partial charge >= 0.3 is 11.7 Å². The first-order valence-electron chi connectivity index (χ1n) is 17.3. The average Bonchev–Trinajstić information content (AvgIpc) is 3.60. The minimum Gasteiger partial charge on any atom is -0.507 e. The molecule has 0 bridgehead atoms. The third-order valence-electron chi connectivity index (χ3n) is 9.46. The van der Waals surface area contributed by atoms with Crippen LogP contribution in [0.15, 0.2) is 87.6 Å². The van der Waals surface area contributed by atoms with Crippen LogP contribution in [-0.2, 0) is 26.3 Å². The number of anilines is 1. The van der Waals surface area contributed by atoms with Crippen molar-refractivity contribution in [1.29, 1.82) is 0 Å². The lowest BCUT2D eigenvalue weighted by Crippen LogP contribution is -2.47. The summed E-state index contributed by atoms with van der Waals surface area (Å²) in [5.41, 5.74) is 0.652. The van der Waals surface area contributed by atoms with Crippen LogP contribution >= 0.6 is 12.2 Å². The fraction of sp³-hybridized carbons (Fsp3) is 0.270. The number of piperazine rings is 1. The number of benzene rings is 3. The van der Waals surface area contributed by atoms with E-state index in [0.29, 0.717) is 79.1 Å². The van der Waals surface area contributed by atoms with Crippen LogP contribution in [0.4, 0.5) is 10.1 Å². The first kappa shape index (κ1) is 36.2. The van der Waals surface area contributed by atoms with Crippen molar-refractivity contribution in [3.63, 3.8) is 0 Å². The third-order valence-corrected chi connectivity index (χ3v) is 9.90. The van der Waals surface area contributed by atoms with Crippen molar-refractivity contribution in [2.45, 2.75) is 40.2 Å². The standard InChI is InChI=1S/C37H37FN10O5S/c1-3-43-21-28(35(51)52)34(50)27-17-29(38)31(18-30(27)43)44-15-13-42(14-16-44)23-47-37(54)45(20-25-9-5-4-6-10-25)33(41-47)22-46-36(53)48(24(2)40-46)39-19-26-11-7-8-12-32(26)49/h4-12,17-19,21,49H,3,13-16,20,22-23H2,1-2H3,(H,51,52)/b39-19+. The van der Waals surface area contributed by atoms with Gasteiger partial charge in [-0.05, 0) is 55.9 Å². The Morgan fingerprint density at radius 1 is 0.981 bits per heavy atom. The topological polar surface area (TPSA) is 161 Å². The van der Waals surface area contributed by atoms with Gasteiger partial charge in [0.15, 0.2) is 16.4 Å². The van der Waals surface area contributed by atoms with Gasteiger partial charge in [-0.15, -0.1) is 0 Å². The number of aromatic nitrogens is 7. The molecule has 17 heteroatoms. The Morgan fingerprint density at radius 2 is 1.70 bits per heavy atom. The Morgan fingerprint density at radius 3 is 2.41 bits per heavy atom. The Hall–Kier alpha value is -6.20. The van der Waals surface area contributed by atoms with Crippen LogP contribution < -0.4 is 16.0 Å². The van der Waals surface area contributed by atoms with Crippen LogP contribution in [0.5, 0.6) is 5.75 Å². The number of aromatic hydroxyl groups is 1. The van der Waals surface area contributed by atoms with E-state index in [1.807, 2.05) is 46.7 Å². The molecular formula is C37H37FN10O5S. The number of phenols is 1. The second kappa shape index (κ2) is 15.0. The van der Waals surface area contributed by atoms with Gasteiger partial charge in [-0.1, -0.05) is 42.5 Å². The molecule has 1 aliphatic rings. The molecule has 54 heavy (non-hydrogen) atoms. The number of nitrogens with zero attached hydrogens (tertiary/aromatic N) is 10. The number of pyridine rings is 1. The van der Waals surface area contributed by atoms with Crippen LogP contribution in [0, 0.1) is 17.5 Å². The summed E-state index contributed by atoms with van der Waals surface area (Å²) in [7, 11) is 0. The highest BCUT2D eigenvalue weighted by Gasteiger charge is 2.24. The van der Waals surface area contributed by atoms with E-state index in [-0.39, 0.29) is 17.7 Å².